The van der Waals surface area contributed by atoms with Crippen LogP contribution in [0.1, 0.15) is 5.56 Å². The summed E-state index contributed by atoms with van der Waals surface area (Å²) in [7, 11) is 0. The molecular formula is C13H11ClF3N3O2. The monoisotopic (exact) mass is 333 g/mol. The van der Waals surface area contributed by atoms with Crippen molar-refractivity contribution in [2.45, 2.75) is 6.18 Å². The van der Waals surface area contributed by atoms with Crippen LogP contribution in [0, 0.1) is 12.3 Å². The Morgan fingerprint density at radius 1 is 1.27 bits per heavy atom. The SMILES string of the molecule is C#CCNC(=O)CNC(=O)Nc1ccc(Cl)c(C(F)(F)F)c1. The molecule has 5 nitrogen and oxygen atoms in total. The van der Waals surface area contributed by atoms with Gasteiger partial charge in [-0.25, -0.2) is 4.79 Å². The van der Waals surface area contributed by atoms with Crippen LogP contribution in [0.15, 0.2) is 18.2 Å². The highest BCUT2D eigenvalue weighted by atomic mass is 35.5. The summed E-state index contributed by atoms with van der Waals surface area (Å²) in [6.45, 7) is -0.360. The largest absolute Gasteiger partial charge is 0.417 e. The van der Waals surface area contributed by atoms with Crippen LogP contribution in [0.5, 0.6) is 0 Å². The fourth-order valence-electron chi connectivity index (χ4n) is 1.37. The number of halogens is 4. The molecule has 1 rings (SSSR count). The average Bonchev–Trinajstić information content (AvgIpc) is 2.43. The van der Waals surface area contributed by atoms with Gasteiger partial charge >= 0.3 is 12.2 Å². The molecule has 0 aliphatic heterocycles. The standard InChI is InChI=1S/C13H11ClF3N3O2/c1-2-5-18-11(21)7-19-12(22)20-8-3-4-10(14)9(6-8)13(15,16)17/h1,3-4,6H,5,7H2,(H,18,21)(H2,19,20,22). The van der Waals surface area contributed by atoms with Crippen molar-refractivity contribution in [1.82, 2.24) is 10.6 Å². The zero-order valence-electron chi connectivity index (χ0n) is 11.1. The van der Waals surface area contributed by atoms with Gasteiger partial charge in [-0.05, 0) is 18.2 Å². The zero-order valence-corrected chi connectivity index (χ0v) is 11.8. The van der Waals surface area contributed by atoms with E-state index >= 15 is 0 Å². The maximum atomic E-state index is 12.7. The number of benzene rings is 1. The van der Waals surface area contributed by atoms with Crippen molar-refractivity contribution in [2.75, 3.05) is 18.4 Å². The number of anilines is 1. The molecule has 1 aromatic rings. The summed E-state index contributed by atoms with van der Waals surface area (Å²) in [5.41, 5.74) is -1.18. The van der Waals surface area contributed by atoms with E-state index in [1.165, 1.54) is 6.07 Å². The summed E-state index contributed by atoms with van der Waals surface area (Å²) >= 11 is 5.45. The lowest BCUT2D eigenvalue weighted by molar-refractivity contribution is -0.137. The number of carbonyl (C=O) groups excluding carboxylic acids is 2. The molecule has 0 saturated heterocycles. The number of terminal acetylenes is 1. The van der Waals surface area contributed by atoms with E-state index in [-0.39, 0.29) is 18.8 Å². The van der Waals surface area contributed by atoms with Crippen molar-refractivity contribution >= 4 is 29.2 Å². The van der Waals surface area contributed by atoms with Gasteiger partial charge in [0, 0.05) is 5.69 Å². The Morgan fingerprint density at radius 2 is 1.95 bits per heavy atom. The summed E-state index contributed by atoms with van der Waals surface area (Å²) < 4.78 is 38.0. The van der Waals surface area contributed by atoms with Gasteiger partial charge in [-0.1, -0.05) is 17.5 Å². The Hall–Kier alpha value is -2.40. The minimum absolute atomic E-state index is 0.00819. The number of amides is 3. The maximum absolute atomic E-state index is 12.7. The van der Waals surface area contributed by atoms with Gasteiger partial charge in [0.15, 0.2) is 0 Å². The van der Waals surface area contributed by atoms with Crippen LogP contribution in [0.4, 0.5) is 23.7 Å². The lowest BCUT2D eigenvalue weighted by Crippen LogP contribution is -2.39. The molecule has 22 heavy (non-hydrogen) atoms. The van der Waals surface area contributed by atoms with Crippen LogP contribution in [-0.4, -0.2) is 25.0 Å². The molecule has 0 heterocycles. The predicted molar refractivity (Wildman–Crippen MR) is 75.3 cm³/mol. The van der Waals surface area contributed by atoms with E-state index in [1.807, 2.05) is 0 Å². The molecule has 3 N–H and O–H groups in total. The van der Waals surface area contributed by atoms with Crippen molar-refractivity contribution in [1.29, 1.82) is 0 Å². The van der Waals surface area contributed by atoms with Gasteiger partial charge in [0.1, 0.15) is 0 Å². The first-order valence-electron chi connectivity index (χ1n) is 5.86. The van der Waals surface area contributed by atoms with Crippen molar-refractivity contribution in [3.8, 4) is 12.3 Å². The van der Waals surface area contributed by atoms with Gasteiger partial charge in [-0.2, -0.15) is 13.2 Å². The molecule has 0 radical (unpaired) electrons. The number of alkyl halides is 3. The normalized spacial score (nSPS) is 10.5. The van der Waals surface area contributed by atoms with E-state index in [9.17, 15) is 22.8 Å². The first kappa shape index (κ1) is 17.7. The fraction of sp³-hybridized carbons (Fsp3) is 0.231. The van der Waals surface area contributed by atoms with Crippen LogP contribution >= 0.6 is 11.6 Å². The number of hydrogen-bond donors (Lipinski definition) is 3. The number of carbonyl (C=O) groups is 2. The van der Waals surface area contributed by atoms with Crippen molar-refractivity contribution in [2.24, 2.45) is 0 Å². The quantitative estimate of drug-likeness (QED) is 0.740. The second-order valence-corrected chi connectivity index (χ2v) is 4.39. The summed E-state index contributed by atoms with van der Waals surface area (Å²) in [5, 5.41) is 6.16. The molecule has 0 aliphatic rings. The average molecular weight is 334 g/mol. The van der Waals surface area contributed by atoms with E-state index in [4.69, 9.17) is 18.0 Å². The molecule has 1 aromatic carbocycles. The number of rotatable bonds is 4. The van der Waals surface area contributed by atoms with Gasteiger partial charge in [0.05, 0.1) is 23.7 Å². The number of urea groups is 1. The lowest BCUT2D eigenvalue weighted by Gasteiger charge is -2.12. The van der Waals surface area contributed by atoms with Crippen molar-refractivity contribution < 1.29 is 22.8 Å². The van der Waals surface area contributed by atoms with Gasteiger partial charge < -0.3 is 16.0 Å². The van der Waals surface area contributed by atoms with E-state index in [2.05, 4.69) is 21.9 Å². The Morgan fingerprint density at radius 3 is 2.55 bits per heavy atom. The van der Waals surface area contributed by atoms with Crippen LogP contribution in [0.25, 0.3) is 0 Å². The summed E-state index contributed by atoms with van der Waals surface area (Å²) in [5.74, 6) is 1.64. The number of hydrogen-bond acceptors (Lipinski definition) is 2. The molecule has 118 valence electrons. The lowest BCUT2D eigenvalue weighted by atomic mass is 10.2. The van der Waals surface area contributed by atoms with Crippen LogP contribution in [-0.2, 0) is 11.0 Å². The fourth-order valence-corrected chi connectivity index (χ4v) is 1.59. The predicted octanol–water partition coefficient (Wildman–Crippen LogP) is 2.23. The number of nitrogens with one attached hydrogen (secondary N) is 3. The molecule has 0 bridgehead atoms. The molecule has 0 fully saturated rings. The van der Waals surface area contributed by atoms with Crippen LogP contribution < -0.4 is 16.0 Å². The molecule has 0 spiro atoms. The van der Waals surface area contributed by atoms with Crippen LogP contribution in [0.2, 0.25) is 5.02 Å². The van der Waals surface area contributed by atoms with Crippen LogP contribution in [0.3, 0.4) is 0 Å². The van der Waals surface area contributed by atoms with E-state index in [1.54, 1.807) is 0 Å². The molecular weight excluding hydrogens is 323 g/mol. The summed E-state index contributed by atoms with van der Waals surface area (Å²) in [6.07, 6.45) is 0.291. The topological polar surface area (TPSA) is 70.2 Å². The molecule has 9 heteroatoms. The molecule has 0 saturated carbocycles. The molecule has 0 unspecified atom stereocenters. The highest BCUT2D eigenvalue weighted by molar-refractivity contribution is 6.31. The minimum Gasteiger partial charge on any atom is -0.344 e. The Bertz CT molecular complexity index is 612. The van der Waals surface area contributed by atoms with Gasteiger partial charge in [-0.15, -0.1) is 6.42 Å². The Kier molecular flexibility index (Phi) is 6.07. The minimum atomic E-state index is -4.64. The first-order chi connectivity index (χ1) is 10.2. The summed E-state index contributed by atoms with van der Waals surface area (Å²) in [6, 6.07) is 2.07. The highest BCUT2D eigenvalue weighted by Gasteiger charge is 2.33. The van der Waals surface area contributed by atoms with E-state index < -0.39 is 28.7 Å². The zero-order chi connectivity index (χ0) is 16.8. The Labute approximate surface area is 129 Å². The van der Waals surface area contributed by atoms with Gasteiger partial charge in [-0.3, -0.25) is 4.79 Å². The van der Waals surface area contributed by atoms with Crippen molar-refractivity contribution in [3.05, 3.63) is 28.8 Å². The third-order valence-corrected chi connectivity index (χ3v) is 2.66. The third-order valence-electron chi connectivity index (χ3n) is 2.33. The Balaban J connectivity index is 2.62. The van der Waals surface area contributed by atoms with Gasteiger partial charge in [0.2, 0.25) is 5.91 Å². The first-order valence-corrected chi connectivity index (χ1v) is 6.23. The van der Waals surface area contributed by atoms with Crippen molar-refractivity contribution in [3.63, 3.8) is 0 Å². The van der Waals surface area contributed by atoms with Gasteiger partial charge in [0.25, 0.3) is 0 Å². The molecule has 0 atom stereocenters. The molecule has 0 aliphatic carbocycles. The summed E-state index contributed by atoms with van der Waals surface area (Å²) in [4.78, 5) is 22.7. The molecule has 3 amide bonds. The van der Waals surface area contributed by atoms with E-state index in [0.717, 1.165) is 6.07 Å². The highest BCUT2D eigenvalue weighted by Crippen LogP contribution is 2.36. The molecule has 0 aromatic heterocycles. The smallest absolute Gasteiger partial charge is 0.344 e. The maximum Gasteiger partial charge on any atom is 0.417 e. The third kappa shape index (κ3) is 5.54. The second-order valence-electron chi connectivity index (χ2n) is 3.98. The second kappa shape index (κ2) is 7.56. The van der Waals surface area contributed by atoms with E-state index in [0.29, 0.717) is 6.07 Å².